The van der Waals surface area contributed by atoms with Gasteiger partial charge in [0.05, 0.1) is 17.9 Å². The second kappa shape index (κ2) is 6.16. The van der Waals surface area contributed by atoms with Gasteiger partial charge in [-0.2, -0.15) is 0 Å². The molecule has 1 fully saturated rings. The Hall–Kier alpha value is -1.71. The van der Waals surface area contributed by atoms with Crippen molar-refractivity contribution >= 4 is 17.3 Å². The van der Waals surface area contributed by atoms with Gasteiger partial charge < -0.3 is 15.4 Å². The molecule has 0 radical (unpaired) electrons. The molecule has 0 saturated carbocycles. The molecule has 1 aromatic rings. The quantitative estimate of drug-likeness (QED) is 0.678. The number of anilines is 2. The molecule has 1 unspecified atom stereocenters. The van der Waals surface area contributed by atoms with Gasteiger partial charge in [-0.25, -0.2) is 4.79 Å². The van der Waals surface area contributed by atoms with Gasteiger partial charge in [0.1, 0.15) is 0 Å². The third-order valence-electron chi connectivity index (χ3n) is 3.89. The summed E-state index contributed by atoms with van der Waals surface area (Å²) in [5, 5.41) is 0. The molecule has 2 N–H and O–H groups in total. The molecule has 1 atom stereocenters. The van der Waals surface area contributed by atoms with Crippen molar-refractivity contribution in [1.29, 1.82) is 0 Å². The van der Waals surface area contributed by atoms with E-state index in [0.29, 0.717) is 29.8 Å². The molecule has 0 aliphatic carbocycles. The zero-order chi connectivity index (χ0) is 14.7. The molecule has 0 spiro atoms. The molecule has 4 nitrogen and oxygen atoms in total. The third-order valence-corrected chi connectivity index (χ3v) is 3.89. The lowest BCUT2D eigenvalue weighted by Gasteiger charge is -2.31. The predicted octanol–water partition coefficient (Wildman–Crippen LogP) is 3.07. The number of nitrogen functional groups attached to an aromatic ring is 1. The van der Waals surface area contributed by atoms with E-state index in [0.717, 1.165) is 18.7 Å². The van der Waals surface area contributed by atoms with Crippen molar-refractivity contribution in [1.82, 2.24) is 0 Å². The Labute approximate surface area is 120 Å². The van der Waals surface area contributed by atoms with Gasteiger partial charge in [0, 0.05) is 18.3 Å². The first kappa shape index (κ1) is 14.7. The maximum Gasteiger partial charge on any atom is 0.340 e. The Balaban J connectivity index is 2.38. The normalized spacial score (nSPS) is 18.6. The fraction of sp³-hybridized carbons (Fsp3) is 0.562. The van der Waals surface area contributed by atoms with Gasteiger partial charge in [-0.3, -0.25) is 0 Å². The highest BCUT2D eigenvalue weighted by Gasteiger charge is 2.30. The molecule has 0 amide bonds. The van der Waals surface area contributed by atoms with Crippen molar-refractivity contribution < 1.29 is 9.53 Å². The Kier molecular flexibility index (Phi) is 4.53. The van der Waals surface area contributed by atoms with Gasteiger partial charge in [0.25, 0.3) is 0 Å². The van der Waals surface area contributed by atoms with Crippen molar-refractivity contribution in [3.05, 3.63) is 23.8 Å². The number of hydrogen-bond donors (Lipinski definition) is 1. The van der Waals surface area contributed by atoms with Crippen LogP contribution in [0.1, 0.15) is 44.0 Å². The van der Waals surface area contributed by atoms with Crippen LogP contribution in [0.15, 0.2) is 18.2 Å². The topological polar surface area (TPSA) is 55.6 Å². The number of hydrogen-bond acceptors (Lipinski definition) is 4. The van der Waals surface area contributed by atoms with Crippen LogP contribution in [0.5, 0.6) is 0 Å². The van der Waals surface area contributed by atoms with E-state index in [9.17, 15) is 4.79 Å². The fourth-order valence-corrected chi connectivity index (χ4v) is 2.96. The van der Waals surface area contributed by atoms with Gasteiger partial charge in [-0.15, -0.1) is 0 Å². The van der Waals surface area contributed by atoms with E-state index in [-0.39, 0.29) is 5.97 Å². The lowest BCUT2D eigenvalue weighted by Crippen LogP contribution is -2.34. The Morgan fingerprint density at radius 3 is 2.90 bits per heavy atom. The second-order valence-corrected chi connectivity index (χ2v) is 5.64. The maximum absolute atomic E-state index is 12.1. The van der Waals surface area contributed by atoms with E-state index in [1.54, 1.807) is 6.07 Å². The average Bonchev–Trinajstić information content (AvgIpc) is 2.88. The molecule has 1 heterocycles. The van der Waals surface area contributed by atoms with Crippen LogP contribution in [0.3, 0.4) is 0 Å². The van der Waals surface area contributed by atoms with Crippen molar-refractivity contribution in [2.75, 3.05) is 23.8 Å². The Morgan fingerprint density at radius 2 is 2.25 bits per heavy atom. The Bertz CT molecular complexity index is 485. The minimum Gasteiger partial charge on any atom is -0.462 e. The fourth-order valence-electron chi connectivity index (χ4n) is 2.96. The number of carbonyl (C=O) groups is 1. The van der Waals surface area contributed by atoms with Crippen LogP contribution in [0.25, 0.3) is 0 Å². The summed E-state index contributed by atoms with van der Waals surface area (Å²) in [4.78, 5) is 14.5. The van der Waals surface area contributed by atoms with E-state index in [2.05, 4.69) is 18.7 Å². The highest BCUT2D eigenvalue weighted by atomic mass is 16.5. The average molecular weight is 276 g/mol. The monoisotopic (exact) mass is 276 g/mol. The first-order valence-corrected chi connectivity index (χ1v) is 7.38. The number of carbonyl (C=O) groups excluding carboxylic acids is 1. The summed E-state index contributed by atoms with van der Waals surface area (Å²) in [6.07, 6.45) is 2.33. The zero-order valence-corrected chi connectivity index (χ0v) is 12.6. The van der Waals surface area contributed by atoms with E-state index < -0.39 is 0 Å². The van der Waals surface area contributed by atoms with Crippen LogP contribution < -0.4 is 10.6 Å². The predicted molar refractivity (Wildman–Crippen MR) is 82.0 cm³/mol. The zero-order valence-electron chi connectivity index (χ0n) is 12.6. The summed E-state index contributed by atoms with van der Waals surface area (Å²) in [6.45, 7) is 7.63. The van der Waals surface area contributed by atoms with Crippen molar-refractivity contribution in [3.63, 3.8) is 0 Å². The van der Waals surface area contributed by atoms with Gasteiger partial charge in [-0.1, -0.05) is 13.8 Å². The number of benzene rings is 1. The summed E-state index contributed by atoms with van der Waals surface area (Å²) in [7, 11) is 0. The molecule has 0 aromatic heterocycles. The molecule has 110 valence electrons. The second-order valence-electron chi connectivity index (χ2n) is 5.64. The van der Waals surface area contributed by atoms with Gasteiger partial charge in [0.2, 0.25) is 0 Å². The van der Waals surface area contributed by atoms with E-state index in [1.165, 1.54) is 6.42 Å². The molecule has 20 heavy (non-hydrogen) atoms. The number of nitrogens with zero attached hydrogens (tertiary/aromatic N) is 1. The largest absolute Gasteiger partial charge is 0.462 e. The Morgan fingerprint density at radius 1 is 1.50 bits per heavy atom. The van der Waals surface area contributed by atoms with Crippen LogP contribution in [0.2, 0.25) is 0 Å². The van der Waals surface area contributed by atoms with Gasteiger partial charge in [-0.05, 0) is 43.9 Å². The molecular weight excluding hydrogens is 252 g/mol. The first-order chi connectivity index (χ1) is 9.54. The smallest absolute Gasteiger partial charge is 0.340 e. The van der Waals surface area contributed by atoms with Gasteiger partial charge >= 0.3 is 5.97 Å². The number of esters is 1. The highest BCUT2D eigenvalue weighted by Crippen LogP contribution is 2.33. The molecule has 1 aliphatic rings. The van der Waals surface area contributed by atoms with E-state index in [4.69, 9.17) is 10.5 Å². The van der Waals surface area contributed by atoms with E-state index in [1.807, 2.05) is 19.1 Å². The highest BCUT2D eigenvalue weighted by molar-refractivity contribution is 5.97. The third kappa shape index (κ3) is 2.89. The summed E-state index contributed by atoms with van der Waals surface area (Å²) in [6, 6.07) is 6.01. The maximum atomic E-state index is 12.1. The minimum atomic E-state index is -0.288. The van der Waals surface area contributed by atoms with Crippen LogP contribution in [-0.4, -0.2) is 25.2 Å². The summed E-state index contributed by atoms with van der Waals surface area (Å²) < 4.78 is 5.16. The summed E-state index contributed by atoms with van der Waals surface area (Å²) >= 11 is 0. The number of nitrogens with two attached hydrogens (primary N) is 1. The summed E-state index contributed by atoms with van der Waals surface area (Å²) in [5.74, 6) is 0.273. The van der Waals surface area contributed by atoms with Crippen molar-refractivity contribution in [3.8, 4) is 0 Å². The lowest BCUT2D eigenvalue weighted by atomic mass is 10.0. The standard InChI is InChI=1S/C16H24N2O2/c1-4-20-16(19)13-10-12(17)7-8-15(13)18-9-5-6-14(18)11(2)3/h7-8,10-11,14H,4-6,9,17H2,1-3H3. The molecule has 1 saturated heterocycles. The lowest BCUT2D eigenvalue weighted by molar-refractivity contribution is 0.0527. The van der Waals surface area contributed by atoms with Crippen LogP contribution >= 0.6 is 0 Å². The SMILES string of the molecule is CCOC(=O)c1cc(N)ccc1N1CCCC1C(C)C. The van der Waals surface area contributed by atoms with Crippen molar-refractivity contribution in [2.45, 2.75) is 39.7 Å². The molecule has 2 rings (SSSR count). The van der Waals surface area contributed by atoms with Crippen LogP contribution in [-0.2, 0) is 4.74 Å². The minimum absolute atomic E-state index is 0.288. The molecule has 1 aliphatic heterocycles. The van der Waals surface area contributed by atoms with Crippen LogP contribution in [0.4, 0.5) is 11.4 Å². The number of rotatable bonds is 4. The molecule has 4 heteroatoms. The summed E-state index contributed by atoms with van der Waals surface area (Å²) in [5.41, 5.74) is 7.96. The molecule has 1 aromatic carbocycles. The van der Waals surface area contributed by atoms with Crippen molar-refractivity contribution in [2.24, 2.45) is 5.92 Å². The van der Waals surface area contributed by atoms with Crippen LogP contribution in [0, 0.1) is 5.92 Å². The first-order valence-electron chi connectivity index (χ1n) is 7.38. The molecule has 0 bridgehead atoms. The number of ether oxygens (including phenoxy) is 1. The molecular formula is C16H24N2O2. The van der Waals surface area contributed by atoms with Gasteiger partial charge in [0.15, 0.2) is 0 Å². The van der Waals surface area contributed by atoms with E-state index >= 15 is 0 Å².